The van der Waals surface area contributed by atoms with Gasteiger partial charge in [-0.25, -0.2) is 0 Å². The van der Waals surface area contributed by atoms with Crippen LogP contribution in [0.4, 0.5) is 0 Å². The zero-order valence-electron chi connectivity index (χ0n) is 11.2. The molecule has 1 heterocycles. The van der Waals surface area contributed by atoms with Crippen molar-refractivity contribution in [2.24, 2.45) is 10.9 Å². The number of benzene rings is 1. The predicted octanol–water partition coefficient (Wildman–Crippen LogP) is 2.08. The van der Waals surface area contributed by atoms with E-state index in [1.54, 1.807) is 7.11 Å². The molecule has 18 heavy (non-hydrogen) atoms. The maximum absolute atomic E-state index is 5.89. The summed E-state index contributed by atoms with van der Waals surface area (Å²) >= 11 is 0. The lowest BCUT2D eigenvalue weighted by molar-refractivity contribution is 0.256. The number of para-hydroxylation sites is 1. The molecule has 1 aromatic carbocycles. The smallest absolute Gasteiger partial charge is 0.172 e. The Morgan fingerprint density at radius 2 is 2.22 bits per heavy atom. The van der Waals surface area contributed by atoms with Gasteiger partial charge in [0.15, 0.2) is 11.5 Å². The van der Waals surface area contributed by atoms with Crippen LogP contribution < -0.4 is 14.8 Å². The van der Waals surface area contributed by atoms with Crippen LogP contribution in [0.1, 0.15) is 19.4 Å². The van der Waals surface area contributed by atoms with Gasteiger partial charge < -0.3 is 14.8 Å². The highest BCUT2D eigenvalue weighted by atomic mass is 16.5. The van der Waals surface area contributed by atoms with Crippen LogP contribution in [0.3, 0.4) is 0 Å². The molecule has 1 aliphatic rings. The quantitative estimate of drug-likeness (QED) is 0.867. The Hall–Kier alpha value is -1.71. The molecule has 0 saturated heterocycles. The van der Waals surface area contributed by atoms with E-state index in [1.807, 2.05) is 18.2 Å². The third kappa shape index (κ3) is 2.75. The van der Waals surface area contributed by atoms with E-state index in [1.165, 1.54) is 0 Å². The second-order valence-corrected chi connectivity index (χ2v) is 4.70. The first-order valence-electron chi connectivity index (χ1n) is 6.31. The molecule has 98 valence electrons. The van der Waals surface area contributed by atoms with Crippen molar-refractivity contribution in [2.45, 2.75) is 13.8 Å². The Bertz CT molecular complexity index is 441. The van der Waals surface area contributed by atoms with Crippen molar-refractivity contribution in [3.63, 3.8) is 0 Å². The van der Waals surface area contributed by atoms with Crippen LogP contribution in [-0.2, 0) is 0 Å². The fraction of sp³-hybridized carbons (Fsp3) is 0.500. The van der Waals surface area contributed by atoms with Gasteiger partial charge in [-0.1, -0.05) is 19.9 Å². The average Bonchev–Trinajstić information content (AvgIpc) is 2.89. The summed E-state index contributed by atoms with van der Waals surface area (Å²) in [5.74, 6) is 2.90. The summed E-state index contributed by atoms with van der Waals surface area (Å²) in [6.07, 6.45) is 0. The van der Waals surface area contributed by atoms with E-state index >= 15 is 0 Å². The number of ether oxygens (including phenoxy) is 2. The first-order valence-corrected chi connectivity index (χ1v) is 6.31. The van der Waals surface area contributed by atoms with Crippen LogP contribution in [0.25, 0.3) is 0 Å². The van der Waals surface area contributed by atoms with Crippen molar-refractivity contribution in [1.29, 1.82) is 0 Å². The Kier molecular flexibility index (Phi) is 4.07. The molecule has 1 aromatic rings. The van der Waals surface area contributed by atoms with Crippen LogP contribution in [0.2, 0.25) is 0 Å². The summed E-state index contributed by atoms with van der Waals surface area (Å²) in [6, 6.07) is 5.88. The summed E-state index contributed by atoms with van der Waals surface area (Å²) in [4.78, 5) is 4.44. The molecule has 0 fully saturated rings. The van der Waals surface area contributed by atoms with E-state index < -0.39 is 0 Å². The van der Waals surface area contributed by atoms with E-state index in [-0.39, 0.29) is 0 Å². The van der Waals surface area contributed by atoms with Gasteiger partial charge >= 0.3 is 0 Å². The van der Waals surface area contributed by atoms with Gasteiger partial charge in [0.25, 0.3) is 0 Å². The van der Waals surface area contributed by atoms with Crippen molar-refractivity contribution in [2.75, 3.05) is 26.8 Å². The van der Waals surface area contributed by atoms with Gasteiger partial charge in [0.05, 0.1) is 25.8 Å². The molecule has 4 nitrogen and oxygen atoms in total. The Morgan fingerprint density at radius 1 is 1.39 bits per heavy atom. The average molecular weight is 248 g/mol. The molecule has 0 bridgehead atoms. The van der Waals surface area contributed by atoms with E-state index in [9.17, 15) is 0 Å². The van der Waals surface area contributed by atoms with Gasteiger partial charge in [-0.05, 0) is 18.1 Å². The molecule has 0 radical (unpaired) electrons. The number of nitrogens with one attached hydrogen (secondary N) is 1. The van der Waals surface area contributed by atoms with Crippen molar-refractivity contribution < 1.29 is 9.47 Å². The lowest BCUT2D eigenvalue weighted by Crippen LogP contribution is -2.21. The number of hydrogen-bond donors (Lipinski definition) is 1. The fourth-order valence-electron chi connectivity index (χ4n) is 1.84. The molecule has 0 atom stereocenters. The number of methoxy groups -OCH3 is 1. The monoisotopic (exact) mass is 248 g/mol. The molecule has 1 N–H and O–H groups in total. The highest BCUT2D eigenvalue weighted by molar-refractivity contribution is 6.02. The van der Waals surface area contributed by atoms with Gasteiger partial charge in [0.2, 0.25) is 0 Å². The second-order valence-electron chi connectivity index (χ2n) is 4.70. The maximum Gasteiger partial charge on any atom is 0.172 e. The molecule has 0 spiro atoms. The SMILES string of the molecule is COc1cccc(C2=NCCN2)c1OCC(C)C. The minimum atomic E-state index is 0.473. The second kappa shape index (κ2) is 5.76. The molecule has 0 aliphatic carbocycles. The molecular weight excluding hydrogens is 228 g/mol. The number of amidine groups is 1. The molecule has 0 aromatic heterocycles. The van der Waals surface area contributed by atoms with Crippen molar-refractivity contribution in [1.82, 2.24) is 5.32 Å². The van der Waals surface area contributed by atoms with Crippen LogP contribution in [0.15, 0.2) is 23.2 Å². The standard InChI is InChI=1S/C14H20N2O2/c1-10(2)9-18-13-11(14-15-7-8-16-14)5-4-6-12(13)17-3/h4-6,10H,7-9H2,1-3H3,(H,15,16). The van der Waals surface area contributed by atoms with Crippen LogP contribution >= 0.6 is 0 Å². The first-order chi connectivity index (χ1) is 8.72. The van der Waals surface area contributed by atoms with E-state index in [0.29, 0.717) is 12.5 Å². The van der Waals surface area contributed by atoms with Crippen molar-refractivity contribution >= 4 is 5.84 Å². The third-order valence-electron chi connectivity index (χ3n) is 2.69. The zero-order valence-corrected chi connectivity index (χ0v) is 11.2. The number of rotatable bonds is 5. The molecule has 0 unspecified atom stereocenters. The molecular formula is C14H20N2O2. The van der Waals surface area contributed by atoms with Gasteiger partial charge in [-0.15, -0.1) is 0 Å². The summed E-state index contributed by atoms with van der Waals surface area (Å²) in [5, 5.41) is 3.27. The van der Waals surface area contributed by atoms with Crippen molar-refractivity contribution in [3.8, 4) is 11.5 Å². The molecule has 0 saturated carbocycles. The van der Waals surface area contributed by atoms with Crippen LogP contribution in [0.5, 0.6) is 11.5 Å². The van der Waals surface area contributed by atoms with Gasteiger partial charge in [-0.3, -0.25) is 4.99 Å². The Morgan fingerprint density at radius 3 is 2.83 bits per heavy atom. The molecule has 2 rings (SSSR count). The molecule has 1 aliphatic heterocycles. The van der Waals surface area contributed by atoms with E-state index in [4.69, 9.17) is 9.47 Å². The lowest BCUT2D eigenvalue weighted by atomic mass is 10.1. The number of aliphatic imine (C=N–C) groups is 1. The minimum absolute atomic E-state index is 0.473. The Labute approximate surface area is 108 Å². The van der Waals surface area contributed by atoms with Crippen molar-refractivity contribution in [3.05, 3.63) is 23.8 Å². The number of hydrogen-bond acceptors (Lipinski definition) is 4. The minimum Gasteiger partial charge on any atom is -0.493 e. The summed E-state index contributed by atoms with van der Waals surface area (Å²) < 4.78 is 11.3. The van der Waals surface area contributed by atoms with Gasteiger partial charge in [-0.2, -0.15) is 0 Å². The zero-order chi connectivity index (χ0) is 13.0. The molecule has 0 amide bonds. The van der Waals surface area contributed by atoms with E-state index in [2.05, 4.69) is 24.2 Å². The lowest BCUT2D eigenvalue weighted by Gasteiger charge is -2.16. The normalized spacial score (nSPS) is 14.3. The highest BCUT2D eigenvalue weighted by Gasteiger charge is 2.17. The van der Waals surface area contributed by atoms with Crippen LogP contribution in [0, 0.1) is 5.92 Å². The first kappa shape index (κ1) is 12.7. The maximum atomic E-state index is 5.89. The summed E-state index contributed by atoms with van der Waals surface area (Å²) in [6.45, 7) is 6.62. The summed E-state index contributed by atoms with van der Waals surface area (Å²) in [5.41, 5.74) is 0.979. The summed E-state index contributed by atoms with van der Waals surface area (Å²) in [7, 11) is 1.66. The largest absolute Gasteiger partial charge is 0.493 e. The molecule has 4 heteroatoms. The Balaban J connectivity index is 2.32. The van der Waals surface area contributed by atoms with E-state index in [0.717, 1.165) is 36.0 Å². The topological polar surface area (TPSA) is 42.8 Å². The highest BCUT2D eigenvalue weighted by Crippen LogP contribution is 2.32. The van der Waals surface area contributed by atoms with Gasteiger partial charge in [0, 0.05) is 6.54 Å². The predicted molar refractivity (Wildman–Crippen MR) is 72.7 cm³/mol. The third-order valence-corrected chi connectivity index (χ3v) is 2.69. The van der Waals surface area contributed by atoms with Gasteiger partial charge in [0.1, 0.15) is 5.84 Å². The van der Waals surface area contributed by atoms with Crippen LogP contribution in [-0.4, -0.2) is 32.6 Å². The fourth-order valence-corrected chi connectivity index (χ4v) is 1.84. The number of nitrogens with zero attached hydrogens (tertiary/aromatic N) is 1.